The lowest BCUT2D eigenvalue weighted by molar-refractivity contribution is -0.113. The molecular weight excluding hydrogens is 300 g/mol. The first kappa shape index (κ1) is 12.1. The predicted molar refractivity (Wildman–Crippen MR) is 75.6 cm³/mol. The van der Waals surface area contributed by atoms with E-state index in [1.807, 2.05) is 36.4 Å². The molecule has 0 saturated heterocycles. The fourth-order valence-electron chi connectivity index (χ4n) is 1.30. The Morgan fingerprint density at radius 1 is 1.35 bits per heavy atom. The van der Waals surface area contributed by atoms with Crippen LogP contribution in [0.25, 0.3) is 6.08 Å². The van der Waals surface area contributed by atoms with Gasteiger partial charge in [0.1, 0.15) is 0 Å². The third-order valence-electron chi connectivity index (χ3n) is 2.01. The Morgan fingerprint density at radius 3 is 2.65 bits per heavy atom. The van der Waals surface area contributed by atoms with Crippen molar-refractivity contribution in [2.24, 2.45) is 10.7 Å². The Balaban J connectivity index is 2.18. The largest absolute Gasteiger partial charge is 0.378 e. The summed E-state index contributed by atoms with van der Waals surface area (Å²) in [5.41, 5.74) is 6.52. The molecule has 1 aromatic rings. The number of halogens is 1. The summed E-state index contributed by atoms with van der Waals surface area (Å²) in [6, 6.07) is 9.82. The predicted octanol–water partition coefficient (Wildman–Crippen LogP) is 2.89. The van der Waals surface area contributed by atoms with E-state index in [2.05, 4.69) is 20.9 Å². The molecule has 1 aliphatic heterocycles. The summed E-state index contributed by atoms with van der Waals surface area (Å²) in [6.07, 6.45) is 3.65. The van der Waals surface area contributed by atoms with Crippen LogP contribution in [-0.4, -0.2) is 11.1 Å². The minimum absolute atomic E-state index is 0.286. The van der Waals surface area contributed by atoms with Gasteiger partial charge in [0.05, 0.1) is 4.91 Å². The molecule has 0 spiro atoms. The molecule has 0 atom stereocenters. The van der Waals surface area contributed by atoms with Gasteiger partial charge in [0.25, 0.3) is 5.91 Å². The van der Waals surface area contributed by atoms with Crippen molar-refractivity contribution in [1.82, 2.24) is 0 Å². The van der Waals surface area contributed by atoms with Gasteiger partial charge in [-0.25, -0.2) is 0 Å². The second kappa shape index (κ2) is 5.33. The molecule has 1 amide bonds. The van der Waals surface area contributed by atoms with E-state index in [-0.39, 0.29) is 5.91 Å². The number of thioether (sulfide) groups is 1. The lowest BCUT2D eigenvalue weighted by Gasteiger charge is -1.95. The molecule has 0 saturated carbocycles. The molecule has 0 bridgehead atoms. The van der Waals surface area contributed by atoms with Crippen LogP contribution in [0.2, 0.25) is 0 Å². The van der Waals surface area contributed by atoms with E-state index < -0.39 is 0 Å². The van der Waals surface area contributed by atoms with E-state index in [0.717, 1.165) is 10.0 Å². The van der Waals surface area contributed by atoms with Crippen LogP contribution >= 0.6 is 27.7 Å². The zero-order valence-electron chi connectivity index (χ0n) is 8.76. The van der Waals surface area contributed by atoms with E-state index in [1.54, 1.807) is 6.08 Å². The molecule has 1 heterocycles. The quantitative estimate of drug-likeness (QED) is 0.855. The summed E-state index contributed by atoms with van der Waals surface area (Å²) in [5, 5.41) is 0.293. The second-order valence-electron chi connectivity index (χ2n) is 3.31. The molecular formula is C12H9BrN2OS. The zero-order chi connectivity index (χ0) is 12.3. The van der Waals surface area contributed by atoms with E-state index >= 15 is 0 Å². The third-order valence-corrected chi connectivity index (χ3v) is 3.28. The van der Waals surface area contributed by atoms with Crippen molar-refractivity contribution in [2.45, 2.75) is 0 Å². The van der Waals surface area contributed by atoms with Crippen molar-refractivity contribution in [3.8, 4) is 0 Å². The summed E-state index contributed by atoms with van der Waals surface area (Å²) in [7, 11) is 0. The number of amides is 1. The number of rotatable bonds is 2. The molecule has 0 radical (unpaired) electrons. The van der Waals surface area contributed by atoms with Crippen LogP contribution in [0, 0.1) is 0 Å². The summed E-state index contributed by atoms with van der Waals surface area (Å²) >= 11 is 4.58. The molecule has 1 aromatic carbocycles. The van der Waals surface area contributed by atoms with E-state index in [0.29, 0.717) is 10.1 Å². The molecule has 5 heteroatoms. The van der Waals surface area contributed by atoms with Gasteiger partial charge in [-0.2, -0.15) is 4.99 Å². The van der Waals surface area contributed by atoms with Gasteiger partial charge >= 0.3 is 0 Å². The van der Waals surface area contributed by atoms with E-state index in [9.17, 15) is 4.79 Å². The van der Waals surface area contributed by atoms with Crippen molar-refractivity contribution in [1.29, 1.82) is 0 Å². The van der Waals surface area contributed by atoms with Gasteiger partial charge < -0.3 is 5.73 Å². The van der Waals surface area contributed by atoms with Crippen LogP contribution in [0.15, 0.2) is 50.8 Å². The molecule has 3 nitrogen and oxygen atoms in total. The first-order valence-electron chi connectivity index (χ1n) is 4.85. The number of carbonyl (C=O) groups is 1. The molecule has 2 rings (SSSR count). The Hall–Kier alpha value is -1.33. The molecule has 17 heavy (non-hydrogen) atoms. The second-order valence-corrected chi connectivity index (χ2v) is 5.28. The van der Waals surface area contributed by atoms with E-state index in [4.69, 9.17) is 5.73 Å². The first-order chi connectivity index (χ1) is 8.15. The zero-order valence-corrected chi connectivity index (χ0v) is 11.2. The smallest absolute Gasteiger partial charge is 0.286 e. The number of hydrogen-bond acceptors (Lipinski definition) is 3. The maximum Gasteiger partial charge on any atom is 0.286 e. The lowest BCUT2D eigenvalue weighted by atomic mass is 10.2. The number of nitrogens with zero attached hydrogens (tertiary/aromatic N) is 1. The average molecular weight is 309 g/mol. The lowest BCUT2D eigenvalue weighted by Crippen LogP contribution is -2.01. The first-order valence-corrected chi connectivity index (χ1v) is 6.46. The average Bonchev–Trinajstić information content (AvgIpc) is 2.58. The molecule has 0 aromatic heterocycles. The number of aliphatic imine (C=N–C) groups is 1. The number of nitrogens with two attached hydrogens (primary N) is 1. The molecule has 0 unspecified atom stereocenters. The highest BCUT2D eigenvalue weighted by atomic mass is 79.9. The Labute approximate surface area is 112 Å². The Kier molecular flexibility index (Phi) is 3.81. The van der Waals surface area contributed by atoms with Crippen molar-refractivity contribution in [3.05, 3.63) is 51.4 Å². The summed E-state index contributed by atoms with van der Waals surface area (Å²) in [4.78, 5) is 15.5. The fourth-order valence-corrected chi connectivity index (χ4v) is 2.62. The topological polar surface area (TPSA) is 55.4 Å². The maximum absolute atomic E-state index is 11.4. The van der Waals surface area contributed by atoms with Crippen LogP contribution in [0.5, 0.6) is 0 Å². The van der Waals surface area contributed by atoms with Gasteiger partial charge in [-0.15, -0.1) is 0 Å². The highest BCUT2D eigenvalue weighted by Crippen LogP contribution is 2.27. The third kappa shape index (κ3) is 3.31. The monoisotopic (exact) mass is 308 g/mol. The van der Waals surface area contributed by atoms with Crippen LogP contribution in [-0.2, 0) is 4.79 Å². The minimum Gasteiger partial charge on any atom is -0.378 e. The van der Waals surface area contributed by atoms with Crippen LogP contribution < -0.4 is 5.73 Å². The maximum atomic E-state index is 11.4. The molecule has 0 aliphatic carbocycles. The Bertz CT molecular complexity index is 535. The van der Waals surface area contributed by atoms with Crippen molar-refractivity contribution in [3.63, 3.8) is 0 Å². The van der Waals surface area contributed by atoms with Crippen molar-refractivity contribution < 1.29 is 4.79 Å². The van der Waals surface area contributed by atoms with Gasteiger partial charge in [0.15, 0.2) is 5.17 Å². The fraction of sp³-hybridized carbons (Fsp3) is 0. The molecule has 0 fully saturated rings. The highest BCUT2D eigenvalue weighted by Gasteiger charge is 2.19. The van der Waals surface area contributed by atoms with Crippen molar-refractivity contribution >= 4 is 44.8 Å². The van der Waals surface area contributed by atoms with E-state index in [1.165, 1.54) is 11.8 Å². The number of allylic oxidation sites excluding steroid dienone is 2. The van der Waals surface area contributed by atoms with Gasteiger partial charge in [0, 0.05) is 4.48 Å². The van der Waals surface area contributed by atoms with Gasteiger partial charge in [-0.3, -0.25) is 4.79 Å². The number of carbonyl (C=O) groups excluding carboxylic acids is 1. The molecule has 2 N–H and O–H groups in total. The number of amidine groups is 1. The number of benzene rings is 1. The van der Waals surface area contributed by atoms with Gasteiger partial charge in [0.2, 0.25) is 0 Å². The van der Waals surface area contributed by atoms with Gasteiger partial charge in [-0.1, -0.05) is 46.3 Å². The summed E-state index contributed by atoms with van der Waals surface area (Å²) in [6.45, 7) is 0. The SMILES string of the molecule is NC1=NC(=O)/C(=C/C(Br)=C/c2ccccc2)S1. The summed E-state index contributed by atoms with van der Waals surface area (Å²) in [5.74, 6) is -0.286. The molecule has 86 valence electrons. The molecule has 1 aliphatic rings. The minimum atomic E-state index is -0.286. The summed E-state index contributed by atoms with van der Waals surface area (Å²) < 4.78 is 0.810. The number of hydrogen-bond donors (Lipinski definition) is 1. The standard InChI is InChI=1S/C12H9BrN2OS/c13-9(6-8-4-2-1-3-5-8)7-10-11(16)15-12(14)17-10/h1-7H,(H2,14,15,16)/b9-6-,10-7-. The highest BCUT2D eigenvalue weighted by molar-refractivity contribution is 9.12. The van der Waals surface area contributed by atoms with Crippen LogP contribution in [0.3, 0.4) is 0 Å². The van der Waals surface area contributed by atoms with Crippen molar-refractivity contribution in [2.75, 3.05) is 0 Å². The van der Waals surface area contributed by atoms with Crippen LogP contribution in [0.1, 0.15) is 5.56 Å². The van der Waals surface area contributed by atoms with Crippen LogP contribution in [0.4, 0.5) is 0 Å². The normalized spacial score (nSPS) is 18.6. The Morgan fingerprint density at radius 2 is 2.06 bits per heavy atom. The van der Waals surface area contributed by atoms with Gasteiger partial charge in [-0.05, 0) is 29.5 Å².